The van der Waals surface area contributed by atoms with Crippen LogP contribution in [0.15, 0.2) is 65.1 Å². The van der Waals surface area contributed by atoms with E-state index in [1.54, 1.807) is 42.5 Å². The smallest absolute Gasteiger partial charge is 0.255 e. The van der Waals surface area contributed by atoms with Gasteiger partial charge in [-0.1, -0.05) is 38.4 Å². The molecule has 4 aromatic rings. The number of fused-ring (bicyclic) bond motifs is 1. The van der Waals surface area contributed by atoms with Crippen LogP contribution in [0.5, 0.6) is 5.75 Å². The normalized spacial score (nSPS) is 11.2. The number of aromatic nitrogens is 1. The number of anilines is 1. The highest BCUT2D eigenvalue weighted by molar-refractivity contribution is 6.33. The molecule has 1 heterocycles. The third kappa shape index (κ3) is 4.78. The van der Waals surface area contributed by atoms with E-state index < -0.39 is 0 Å². The average Bonchev–Trinajstić information content (AvgIpc) is 3.22. The summed E-state index contributed by atoms with van der Waals surface area (Å²) in [6, 6.07) is 18.3. The largest absolute Gasteiger partial charge is 0.494 e. The van der Waals surface area contributed by atoms with Crippen molar-refractivity contribution in [3.63, 3.8) is 0 Å². The van der Waals surface area contributed by atoms with E-state index in [9.17, 15) is 4.79 Å². The first-order valence-corrected chi connectivity index (χ1v) is 11.1. The van der Waals surface area contributed by atoms with Crippen molar-refractivity contribution in [2.45, 2.75) is 33.1 Å². The van der Waals surface area contributed by atoms with Crippen LogP contribution in [0.4, 0.5) is 5.69 Å². The Morgan fingerprint density at radius 2 is 1.88 bits per heavy atom. The van der Waals surface area contributed by atoms with E-state index in [0.29, 0.717) is 45.8 Å². The van der Waals surface area contributed by atoms with E-state index in [1.807, 2.05) is 25.1 Å². The van der Waals surface area contributed by atoms with Crippen LogP contribution in [0.25, 0.3) is 22.6 Å². The molecule has 3 aromatic carbocycles. The predicted octanol–water partition coefficient (Wildman–Crippen LogP) is 7.31. The van der Waals surface area contributed by atoms with Gasteiger partial charge >= 0.3 is 0 Å². The molecule has 0 spiro atoms. The van der Waals surface area contributed by atoms with Crippen LogP contribution in [0.2, 0.25) is 5.02 Å². The number of nitrogens with zero attached hydrogens (tertiary/aromatic N) is 1. The molecule has 6 heteroatoms. The second-order valence-corrected chi connectivity index (χ2v) is 8.33. The van der Waals surface area contributed by atoms with Gasteiger partial charge in [-0.15, -0.1) is 0 Å². The molecular formula is C26H25ClN2O3. The molecule has 0 saturated heterocycles. The number of rotatable bonds is 7. The van der Waals surface area contributed by atoms with E-state index in [-0.39, 0.29) is 5.91 Å². The molecule has 164 valence electrons. The number of carbonyl (C=O) groups is 1. The molecule has 1 N–H and O–H groups in total. The molecule has 0 aliphatic carbocycles. The molecule has 1 amide bonds. The fourth-order valence-corrected chi connectivity index (χ4v) is 3.51. The zero-order valence-corrected chi connectivity index (χ0v) is 19.1. The molecular weight excluding hydrogens is 424 g/mol. The van der Waals surface area contributed by atoms with Crippen LogP contribution >= 0.6 is 11.6 Å². The molecule has 32 heavy (non-hydrogen) atoms. The van der Waals surface area contributed by atoms with E-state index in [0.717, 1.165) is 17.7 Å². The summed E-state index contributed by atoms with van der Waals surface area (Å²) in [4.78, 5) is 17.3. The molecule has 4 rings (SSSR count). The summed E-state index contributed by atoms with van der Waals surface area (Å²) in [7, 11) is 0. The van der Waals surface area contributed by atoms with Gasteiger partial charge in [-0.25, -0.2) is 4.98 Å². The van der Waals surface area contributed by atoms with Gasteiger partial charge < -0.3 is 14.5 Å². The number of carbonyl (C=O) groups excluding carboxylic acids is 1. The summed E-state index contributed by atoms with van der Waals surface area (Å²) in [6.07, 6.45) is 0.931. The van der Waals surface area contributed by atoms with E-state index >= 15 is 0 Å². The number of hydrogen-bond donors (Lipinski definition) is 1. The van der Waals surface area contributed by atoms with E-state index in [4.69, 9.17) is 20.8 Å². The molecule has 0 unspecified atom stereocenters. The van der Waals surface area contributed by atoms with Gasteiger partial charge in [-0.2, -0.15) is 0 Å². The molecule has 0 atom stereocenters. The molecule has 1 aromatic heterocycles. The number of oxazole rings is 1. The lowest BCUT2D eigenvalue weighted by Crippen LogP contribution is -2.11. The van der Waals surface area contributed by atoms with Gasteiger partial charge in [0.15, 0.2) is 5.58 Å². The topological polar surface area (TPSA) is 64.4 Å². The summed E-state index contributed by atoms with van der Waals surface area (Å²) in [5.74, 6) is 1.33. The Hall–Kier alpha value is -3.31. The number of halogens is 1. The maximum absolute atomic E-state index is 12.7. The minimum atomic E-state index is -0.223. The van der Waals surface area contributed by atoms with Crippen LogP contribution in [-0.4, -0.2) is 17.5 Å². The molecule has 5 nitrogen and oxygen atoms in total. The zero-order chi connectivity index (χ0) is 22.7. The molecule has 0 saturated carbocycles. The second kappa shape index (κ2) is 9.45. The van der Waals surface area contributed by atoms with E-state index in [1.165, 1.54) is 5.56 Å². The molecule has 0 bridgehead atoms. The summed E-state index contributed by atoms with van der Waals surface area (Å²) >= 11 is 6.43. The summed E-state index contributed by atoms with van der Waals surface area (Å²) < 4.78 is 11.5. The highest BCUT2D eigenvalue weighted by Crippen LogP contribution is 2.33. The van der Waals surface area contributed by atoms with Gasteiger partial charge in [0.25, 0.3) is 5.91 Å². The van der Waals surface area contributed by atoms with Crippen LogP contribution in [0.1, 0.15) is 49.0 Å². The zero-order valence-electron chi connectivity index (χ0n) is 18.3. The summed E-state index contributed by atoms with van der Waals surface area (Å²) in [5, 5.41) is 3.40. The van der Waals surface area contributed by atoms with Gasteiger partial charge in [-0.05, 0) is 72.5 Å². The number of amides is 1. The van der Waals surface area contributed by atoms with Gasteiger partial charge in [0.1, 0.15) is 11.3 Å². The fraction of sp³-hybridized carbons (Fsp3) is 0.231. The quantitative estimate of drug-likeness (QED) is 0.322. The monoisotopic (exact) mass is 448 g/mol. The molecule has 0 radical (unpaired) electrons. The van der Waals surface area contributed by atoms with Crippen LogP contribution in [0, 0.1) is 0 Å². The van der Waals surface area contributed by atoms with Gasteiger partial charge in [-0.3, -0.25) is 4.79 Å². The Labute approximate surface area is 192 Å². The van der Waals surface area contributed by atoms with Crippen LogP contribution in [-0.2, 0) is 0 Å². The summed E-state index contributed by atoms with van der Waals surface area (Å²) in [5.41, 5.74) is 4.42. The first kappa shape index (κ1) is 21.9. The Kier molecular flexibility index (Phi) is 6.47. The third-order valence-corrected chi connectivity index (χ3v) is 5.45. The molecule has 0 aliphatic heterocycles. The SMILES string of the molecule is CCCOc1ccc(C(=O)Nc2ccc(Cl)c(-c3nc4cc(C(C)C)ccc4o3)c2)cc1. The Morgan fingerprint density at radius 1 is 1.09 bits per heavy atom. The van der Waals surface area contributed by atoms with Crippen molar-refractivity contribution in [3.8, 4) is 17.2 Å². The second-order valence-electron chi connectivity index (χ2n) is 7.92. The number of nitrogens with one attached hydrogen (secondary N) is 1. The lowest BCUT2D eigenvalue weighted by atomic mass is 10.0. The Morgan fingerprint density at radius 3 is 2.59 bits per heavy atom. The average molecular weight is 449 g/mol. The van der Waals surface area contributed by atoms with Gasteiger partial charge in [0.05, 0.1) is 17.2 Å². The van der Waals surface area contributed by atoms with Gasteiger partial charge in [0, 0.05) is 11.3 Å². The minimum Gasteiger partial charge on any atom is -0.494 e. The lowest BCUT2D eigenvalue weighted by Gasteiger charge is -2.09. The van der Waals surface area contributed by atoms with Crippen LogP contribution in [0.3, 0.4) is 0 Å². The molecule has 0 fully saturated rings. The number of hydrogen-bond acceptors (Lipinski definition) is 4. The Bertz CT molecular complexity index is 1250. The third-order valence-electron chi connectivity index (χ3n) is 5.12. The number of benzene rings is 3. The minimum absolute atomic E-state index is 0.223. The lowest BCUT2D eigenvalue weighted by molar-refractivity contribution is 0.102. The van der Waals surface area contributed by atoms with Crippen molar-refractivity contribution in [2.24, 2.45) is 0 Å². The van der Waals surface area contributed by atoms with Crippen LogP contribution < -0.4 is 10.1 Å². The number of ether oxygens (including phenoxy) is 1. The Balaban J connectivity index is 1.56. The highest BCUT2D eigenvalue weighted by atomic mass is 35.5. The van der Waals surface area contributed by atoms with Crippen molar-refractivity contribution < 1.29 is 13.9 Å². The molecule has 0 aliphatic rings. The first-order valence-electron chi connectivity index (χ1n) is 10.7. The predicted molar refractivity (Wildman–Crippen MR) is 129 cm³/mol. The maximum Gasteiger partial charge on any atom is 0.255 e. The van der Waals surface area contributed by atoms with Crippen molar-refractivity contribution in [1.82, 2.24) is 4.98 Å². The fourth-order valence-electron chi connectivity index (χ4n) is 3.31. The maximum atomic E-state index is 12.7. The van der Waals surface area contributed by atoms with Crippen molar-refractivity contribution >= 4 is 34.3 Å². The first-order chi connectivity index (χ1) is 15.4. The standard InChI is InChI=1S/C26H25ClN2O3/c1-4-13-31-20-9-5-17(6-10-20)25(30)28-19-8-11-22(27)21(15-19)26-29-23-14-18(16(2)3)7-12-24(23)32-26/h5-12,14-16H,4,13H2,1-3H3,(H,28,30). The summed E-state index contributed by atoms with van der Waals surface area (Å²) in [6.45, 7) is 6.97. The van der Waals surface area contributed by atoms with E-state index in [2.05, 4.69) is 24.1 Å². The van der Waals surface area contributed by atoms with Crippen molar-refractivity contribution in [3.05, 3.63) is 76.8 Å². The van der Waals surface area contributed by atoms with Gasteiger partial charge in [0.2, 0.25) is 5.89 Å². The highest BCUT2D eigenvalue weighted by Gasteiger charge is 2.15. The van der Waals surface area contributed by atoms with Crippen molar-refractivity contribution in [1.29, 1.82) is 0 Å². The van der Waals surface area contributed by atoms with Crippen molar-refractivity contribution in [2.75, 3.05) is 11.9 Å².